The second-order valence-corrected chi connectivity index (χ2v) is 8.08. The fraction of sp³-hybridized carbons (Fsp3) is 0.0952. The molecule has 31 heavy (non-hydrogen) atoms. The third-order valence-corrected chi connectivity index (χ3v) is 6.28. The van der Waals surface area contributed by atoms with E-state index in [-0.39, 0.29) is 36.7 Å². The number of benzene rings is 2. The van der Waals surface area contributed by atoms with Crippen LogP contribution < -0.4 is 10.6 Å². The van der Waals surface area contributed by atoms with Gasteiger partial charge in [-0.2, -0.15) is 0 Å². The van der Waals surface area contributed by atoms with Crippen molar-refractivity contribution in [2.24, 2.45) is 0 Å². The molecule has 1 heterocycles. The topological polar surface area (TPSA) is 84.5 Å². The van der Waals surface area contributed by atoms with Crippen LogP contribution in [0.3, 0.4) is 0 Å². The molecule has 0 spiro atoms. The summed E-state index contributed by atoms with van der Waals surface area (Å²) >= 11 is 13.0. The highest BCUT2D eigenvalue weighted by atomic mass is 35.5. The monoisotopic (exact) mass is 480 g/mol. The number of methoxy groups -OCH3 is 1. The van der Waals surface area contributed by atoms with Gasteiger partial charge in [-0.1, -0.05) is 35.3 Å². The van der Waals surface area contributed by atoms with Crippen LogP contribution in [0.15, 0.2) is 42.5 Å². The van der Waals surface area contributed by atoms with Gasteiger partial charge in [-0.25, -0.2) is 9.18 Å². The lowest BCUT2D eigenvalue weighted by Crippen LogP contribution is -2.14. The van der Waals surface area contributed by atoms with E-state index in [0.717, 1.165) is 17.4 Å². The zero-order chi connectivity index (χ0) is 22.7. The number of halogens is 3. The first kappa shape index (κ1) is 22.7. The average Bonchev–Trinajstić information content (AvgIpc) is 3.06. The van der Waals surface area contributed by atoms with Crippen LogP contribution in [0.2, 0.25) is 10.0 Å². The second kappa shape index (κ2) is 9.47. The largest absolute Gasteiger partial charge is 0.465 e. The number of hydrogen-bond acceptors (Lipinski definition) is 5. The summed E-state index contributed by atoms with van der Waals surface area (Å²) in [5, 5.41) is 5.72. The van der Waals surface area contributed by atoms with E-state index in [0.29, 0.717) is 5.56 Å². The summed E-state index contributed by atoms with van der Waals surface area (Å²) in [4.78, 5) is 37.9. The molecule has 0 aliphatic carbocycles. The third kappa shape index (κ3) is 4.87. The Labute approximate surface area is 190 Å². The minimum absolute atomic E-state index is 0.0274. The zero-order valence-electron chi connectivity index (χ0n) is 16.2. The van der Waals surface area contributed by atoms with Crippen LogP contribution in [0.4, 0.5) is 15.1 Å². The van der Waals surface area contributed by atoms with Crippen molar-refractivity contribution in [1.82, 2.24) is 0 Å². The Hall–Kier alpha value is -2.94. The van der Waals surface area contributed by atoms with Crippen molar-refractivity contribution in [3.8, 4) is 0 Å². The Morgan fingerprint density at radius 1 is 1.03 bits per heavy atom. The summed E-state index contributed by atoms with van der Waals surface area (Å²) in [7, 11) is 1.18. The zero-order valence-corrected chi connectivity index (χ0v) is 18.5. The summed E-state index contributed by atoms with van der Waals surface area (Å²) in [5.74, 6) is -2.51. The highest BCUT2D eigenvalue weighted by Gasteiger charge is 2.27. The van der Waals surface area contributed by atoms with Gasteiger partial charge in [0.15, 0.2) is 0 Å². The van der Waals surface area contributed by atoms with E-state index in [2.05, 4.69) is 10.6 Å². The van der Waals surface area contributed by atoms with E-state index in [1.165, 1.54) is 25.3 Å². The van der Waals surface area contributed by atoms with Crippen LogP contribution in [0.5, 0.6) is 0 Å². The number of nitrogens with one attached hydrogen (secondary N) is 2. The maximum Gasteiger partial charge on any atom is 0.341 e. The number of thiophene rings is 1. The number of anilines is 2. The number of amides is 2. The highest BCUT2D eigenvalue weighted by Crippen LogP contribution is 2.36. The predicted octanol–water partition coefficient (Wildman–Crippen LogP) is 5.79. The highest BCUT2D eigenvalue weighted by molar-refractivity contribution is 7.19. The van der Waals surface area contributed by atoms with Gasteiger partial charge in [0.25, 0.3) is 11.8 Å². The first-order valence-electron chi connectivity index (χ1n) is 8.77. The standard InChI is InChI=1S/C21H15Cl2FN2O4S/c1-10-15(21(29)30-2)20(26-18(27)11-5-3-6-12(24)9-11)31-17(10)19(28)25-14-8-4-7-13(22)16(14)23/h3-9H,1-2H3,(H,25,28)(H,26,27). The van der Waals surface area contributed by atoms with Crippen molar-refractivity contribution in [2.75, 3.05) is 17.7 Å². The second-order valence-electron chi connectivity index (χ2n) is 6.27. The molecule has 6 nitrogen and oxygen atoms in total. The van der Waals surface area contributed by atoms with Crippen LogP contribution in [-0.2, 0) is 4.74 Å². The molecule has 1 aromatic heterocycles. The third-order valence-electron chi connectivity index (χ3n) is 4.26. The molecule has 2 N–H and O–H groups in total. The summed E-state index contributed by atoms with van der Waals surface area (Å²) in [6, 6.07) is 9.84. The minimum atomic E-state index is -0.733. The molecule has 0 radical (unpaired) electrons. The lowest BCUT2D eigenvalue weighted by atomic mass is 10.1. The van der Waals surface area contributed by atoms with Gasteiger partial charge in [0.2, 0.25) is 0 Å². The van der Waals surface area contributed by atoms with Crippen molar-refractivity contribution in [1.29, 1.82) is 0 Å². The number of rotatable bonds is 5. The van der Waals surface area contributed by atoms with Crippen LogP contribution in [-0.4, -0.2) is 24.9 Å². The Balaban J connectivity index is 1.96. The van der Waals surface area contributed by atoms with Gasteiger partial charge in [-0.3, -0.25) is 9.59 Å². The number of carbonyl (C=O) groups excluding carboxylic acids is 3. The quantitative estimate of drug-likeness (QED) is 0.452. The fourth-order valence-corrected chi connectivity index (χ4v) is 4.18. The van der Waals surface area contributed by atoms with Crippen LogP contribution in [0, 0.1) is 12.7 Å². The molecule has 0 saturated heterocycles. The molecular weight excluding hydrogens is 466 g/mol. The van der Waals surface area contributed by atoms with Gasteiger partial charge in [-0.15, -0.1) is 11.3 Å². The maximum absolute atomic E-state index is 13.4. The van der Waals surface area contributed by atoms with Crippen molar-refractivity contribution >= 4 is 63.0 Å². The molecule has 0 unspecified atom stereocenters. The van der Waals surface area contributed by atoms with Crippen molar-refractivity contribution in [3.63, 3.8) is 0 Å². The lowest BCUT2D eigenvalue weighted by molar-refractivity contribution is 0.0601. The molecule has 3 aromatic rings. The maximum atomic E-state index is 13.4. The van der Waals surface area contributed by atoms with Crippen molar-refractivity contribution in [3.05, 3.63) is 79.9 Å². The molecule has 0 saturated carbocycles. The van der Waals surface area contributed by atoms with Crippen LogP contribution >= 0.6 is 34.5 Å². The van der Waals surface area contributed by atoms with E-state index in [1.807, 2.05) is 0 Å². The average molecular weight is 481 g/mol. The summed E-state index contributed by atoms with van der Waals surface area (Å²) < 4.78 is 18.2. The lowest BCUT2D eigenvalue weighted by Gasteiger charge is -2.07. The Morgan fingerprint density at radius 3 is 2.42 bits per heavy atom. The van der Waals surface area contributed by atoms with Crippen LogP contribution in [0.1, 0.15) is 36.0 Å². The molecule has 2 aromatic carbocycles. The van der Waals surface area contributed by atoms with Gasteiger partial charge < -0.3 is 15.4 Å². The van der Waals surface area contributed by atoms with Crippen molar-refractivity contribution < 1.29 is 23.5 Å². The molecule has 2 amide bonds. The molecule has 0 atom stereocenters. The van der Waals surface area contributed by atoms with Gasteiger partial charge in [0.1, 0.15) is 10.8 Å². The SMILES string of the molecule is COC(=O)c1c(NC(=O)c2cccc(F)c2)sc(C(=O)Nc2cccc(Cl)c2Cl)c1C. The Morgan fingerprint density at radius 2 is 1.74 bits per heavy atom. The fourth-order valence-electron chi connectivity index (χ4n) is 2.75. The molecule has 0 bridgehead atoms. The Kier molecular flexibility index (Phi) is 6.94. The Bertz CT molecular complexity index is 1200. The van der Waals surface area contributed by atoms with E-state index in [4.69, 9.17) is 27.9 Å². The van der Waals surface area contributed by atoms with Gasteiger partial charge in [0.05, 0.1) is 33.3 Å². The summed E-state index contributed by atoms with van der Waals surface area (Å²) in [6.07, 6.45) is 0. The number of esters is 1. The first-order valence-corrected chi connectivity index (χ1v) is 10.3. The van der Waals surface area contributed by atoms with Crippen LogP contribution in [0.25, 0.3) is 0 Å². The smallest absolute Gasteiger partial charge is 0.341 e. The number of carbonyl (C=O) groups is 3. The number of hydrogen-bond donors (Lipinski definition) is 2. The van der Waals surface area contributed by atoms with Gasteiger partial charge in [0, 0.05) is 5.56 Å². The predicted molar refractivity (Wildman–Crippen MR) is 119 cm³/mol. The van der Waals surface area contributed by atoms with E-state index < -0.39 is 23.6 Å². The van der Waals surface area contributed by atoms with Crippen molar-refractivity contribution in [2.45, 2.75) is 6.92 Å². The number of ether oxygens (including phenoxy) is 1. The minimum Gasteiger partial charge on any atom is -0.465 e. The van der Waals surface area contributed by atoms with E-state index in [9.17, 15) is 18.8 Å². The van der Waals surface area contributed by atoms with E-state index in [1.54, 1.807) is 25.1 Å². The molecule has 160 valence electrons. The molecule has 3 rings (SSSR count). The molecule has 0 fully saturated rings. The molecule has 0 aliphatic rings. The van der Waals surface area contributed by atoms with E-state index >= 15 is 0 Å². The first-order chi connectivity index (χ1) is 14.7. The van der Waals surface area contributed by atoms with Gasteiger partial charge >= 0.3 is 5.97 Å². The summed E-state index contributed by atoms with van der Waals surface area (Å²) in [5.41, 5.74) is 0.678. The van der Waals surface area contributed by atoms with Gasteiger partial charge in [-0.05, 0) is 42.8 Å². The summed E-state index contributed by atoms with van der Waals surface area (Å²) in [6.45, 7) is 1.55. The normalized spacial score (nSPS) is 10.5. The molecule has 10 heteroatoms. The molecule has 0 aliphatic heterocycles. The molecular formula is C21H15Cl2FN2O4S.